The molecule has 0 aromatic carbocycles. The molecule has 0 aliphatic heterocycles. The third-order valence-electron chi connectivity index (χ3n) is 1.55. The predicted molar refractivity (Wildman–Crippen MR) is 55.7 cm³/mol. The number of thioether (sulfide) groups is 1. The summed E-state index contributed by atoms with van der Waals surface area (Å²) in [7, 11) is -3.57. The van der Waals surface area contributed by atoms with Crippen LogP contribution in [0, 0.1) is 0 Å². The van der Waals surface area contributed by atoms with Gasteiger partial charge in [-0.05, 0) is 12.1 Å². The number of nitrogens with zero attached hydrogens (tertiary/aromatic N) is 2. The van der Waals surface area contributed by atoms with Crippen LogP contribution in [-0.4, -0.2) is 30.1 Å². The van der Waals surface area contributed by atoms with Crippen LogP contribution in [-0.2, 0) is 16.2 Å². The van der Waals surface area contributed by atoms with E-state index in [-0.39, 0.29) is 16.5 Å². The number of halogens is 3. The highest BCUT2D eigenvalue weighted by Gasteiger charge is 2.32. The fourth-order valence-corrected chi connectivity index (χ4v) is 2.55. The smallest absolute Gasteiger partial charge is 0.229 e. The topological polar surface area (TPSA) is 85.9 Å². The fourth-order valence-electron chi connectivity index (χ4n) is 0.811. The first-order valence-electron chi connectivity index (χ1n) is 4.23. The highest BCUT2D eigenvalue weighted by atomic mass is 32.2. The molecule has 0 bridgehead atoms. The van der Waals surface area contributed by atoms with Gasteiger partial charge < -0.3 is 0 Å². The maximum Gasteiger partial charge on any atom is 0.435 e. The number of aromatic nitrogens is 2. The lowest BCUT2D eigenvalue weighted by Gasteiger charge is -2.04. The van der Waals surface area contributed by atoms with Gasteiger partial charge in [0.1, 0.15) is 5.03 Å². The zero-order valence-electron chi connectivity index (χ0n) is 8.31. The Kier molecular flexibility index (Phi) is 4.33. The van der Waals surface area contributed by atoms with E-state index in [1.165, 1.54) is 0 Å². The lowest BCUT2D eigenvalue weighted by atomic mass is 10.4. The molecule has 0 atom stereocenters. The molecule has 17 heavy (non-hydrogen) atoms. The summed E-state index contributed by atoms with van der Waals surface area (Å²) in [6.45, 7) is 0. The van der Waals surface area contributed by atoms with Crippen molar-refractivity contribution in [2.45, 2.75) is 11.2 Å². The molecule has 0 saturated heterocycles. The molecule has 0 aliphatic rings. The van der Waals surface area contributed by atoms with Gasteiger partial charge >= 0.3 is 6.18 Å². The van der Waals surface area contributed by atoms with Gasteiger partial charge in [0.25, 0.3) is 0 Å². The van der Waals surface area contributed by atoms with Gasteiger partial charge in [-0.1, -0.05) is 0 Å². The molecule has 1 aromatic rings. The van der Waals surface area contributed by atoms with Crippen LogP contribution >= 0.6 is 11.8 Å². The van der Waals surface area contributed by atoms with Crippen LogP contribution in [0.3, 0.4) is 0 Å². The second-order valence-corrected chi connectivity index (χ2v) is 5.82. The van der Waals surface area contributed by atoms with Crippen molar-refractivity contribution in [3.05, 3.63) is 17.8 Å². The van der Waals surface area contributed by atoms with Gasteiger partial charge in [-0.25, -0.2) is 13.6 Å². The molecule has 0 unspecified atom stereocenters. The summed E-state index contributed by atoms with van der Waals surface area (Å²) in [5.74, 6) is -0.167. The SMILES string of the molecule is NS(=O)(=O)CCSc1ccc(C(F)(F)F)nn1. The van der Waals surface area contributed by atoms with Gasteiger partial charge in [0.15, 0.2) is 5.69 Å². The van der Waals surface area contributed by atoms with Gasteiger partial charge in [-0.3, -0.25) is 0 Å². The van der Waals surface area contributed by atoms with Gasteiger partial charge in [0.05, 0.1) is 5.75 Å². The van der Waals surface area contributed by atoms with E-state index >= 15 is 0 Å². The highest BCUT2D eigenvalue weighted by molar-refractivity contribution is 8.00. The fraction of sp³-hybridized carbons (Fsp3) is 0.429. The second kappa shape index (κ2) is 5.19. The first-order chi connectivity index (χ1) is 7.68. The number of nitrogens with two attached hydrogens (primary N) is 1. The largest absolute Gasteiger partial charge is 0.435 e. The lowest BCUT2D eigenvalue weighted by Crippen LogP contribution is -2.17. The Balaban J connectivity index is 2.58. The van der Waals surface area contributed by atoms with Gasteiger partial charge in [-0.15, -0.1) is 22.0 Å². The van der Waals surface area contributed by atoms with Crippen molar-refractivity contribution in [2.24, 2.45) is 5.14 Å². The number of rotatable bonds is 4. The highest BCUT2D eigenvalue weighted by Crippen LogP contribution is 2.27. The first kappa shape index (κ1) is 14.2. The number of sulfonamides is 1. The summed E-state index contributed by atoms with van der Waals surface area (Å²) in [4.78, 5) is 0. The average molecular weight is 287 g/mol. The summed E-state index contributed by atoms with van der Waals surface area (Å²) in [5, 5.41) is 11.3. The van der Waals surface area contributed by atoms with E-state index in [0.29, 0.717) is 0 Å². The van der Waals surface area contributed by atoms with E-state index in [4.69, 9.17) is 5.14 Å². The van der Waals surface area contributed by atoms with Crippen LogP contribution in [0.4, 0.5) is 13.2 Å². The van der Waals surface area contributed by atoms with Crippen LogP contribution in [0.15, 0.2) is 17.2 Å². The van der Waals surface area contributed by atoms with Crippen LogP contribution in [0.2, 0.25) is 0 Å². The van der Waals surface area contributed by atoms with Gasteiger partial charge in [0, 0.05) is 5.75 Å². The molecule has 1 heterocycles. The Morgan fingerprint density at radius 1 is 1.29 bits per heavy atom. The van der Waals surface area contributed by atoms with E-state index in [0.717, 1.165) is 23.9 Å². The molecule has 0 radical (unpaired) electrons. The standard InChI is InChI=1S/C7H8F3N3O2S2/c8-7(9,10)5-1-2-6(13-12-5)16-3-4-17(11,14)15/h1-2H,3-4H2,(H2,11,14,15). The first-order valence-corrected chi connectivity index (χ1v) is 6.93. The molecule has 10 heteroatoms. The molecule has 96 valence electrons. The Bertz CT molecular complexity index is 472. The van der Waals surface area contributed by atoms with Crippen LogP contribution < -0.4 is 5.14 Å². The van der Waals surface area contributed by atoms with Gasteiger partial charge in [-0.2, -0.15) is 13.2 Å². The molecule has 1 aromatic heterocycles. The monoisotopic (exact) mass is 287 g/mol. The molecule has 2 N–H and O–H groups in total. The van der Waals surface area contributed by atoms with E-state index in [1.807, 2.05) is 0 Å². The van der Waals surface area contributed by atoms with E-state index in [1.54, 1.807) is 0 Å². The minimum atomic E-state index is -4.53. The molecule has 0 aliphatic carbocycles. The molecule has 0 spiro atoms. The van der Waals surface area contributed by atoms with E-state index < -0.39 is 21.9 Å². The van der Waals surface area contributed by atoms with E-state index in [2.05, 4.69) is 10.2 Å². The molecule has 1 rings (SSSR count). The average Bonchev–Trinajstić information content (AvgIpc) is 2.15. The summed E-state index contributed by atoms with van der Waals surface area (Å²) in [5.41, 5.74) is -1.09. The molecule has 0 amide bonds. The molecule has 5 nitrogen and oxygen atoms in total. The Labute approximate surface area is 99.7 Å². The maximum absolute atomic E-state index is 12.1. The number of alkyl halides is 3. The van der Waals surface area contributed by atoms with Crippen molar-refractivity contribution in [3.8, 4) is 0 Å². The number of hydrogen-bond acceptors (Lipinski definition) is 5. The Hall–Kier alpha value is -0.870. The lowest BCUT2D eigenvalue weighted by molar-refractivity contribution is -0.141. The Morgan fingerprint density at radius 2 is 1.94 bits per heavy atom. The van der Waals surface area contributed by atoms with Crippen molar-refractivity contribution in [1.29, 1.82) is 0 Å². The summed E-state index contributed by atoms with van der Waals surface area (Å²) in [6.07, 6.45) is -4.53. The zero-order valence-corrected chi connectivity index (χ0v) is 9.94. The molecule has 0 saturated carbocycles. The summed E-state index contributed by atoms with van der Waals surface area (Å²) < 4.78 is 57.5. The second-order valence-electron chi connectivity index (χ2n) is 2.97. The minimum absolute atomic E-state index is 0.110. The van der Waals surface area contributed by atoms with Gasteiger partial charge in [0.2, 0.25) is 10.0 Å². The number of primary sulfonamides is 1. The van der Waals surface area contributed by atoms with E-state index in [9.17, 15) is 21.6 Å². The van der Waals surface area contributed by atoms with Crippen LogP contribution in [0.25, 0.3) is 0 Å². The van der Waals surface area contributed by atoms with Crippen LogP contribution in [0.5, 0.6) is 0 Å². The van der Waals surface area contributed by atoms with Crippen molar-refractivity contribution in [2.75, 3.05) is 11.5 Å². The van der Waals surface area contributed by atoms with Crippen LogP contribution in [0.1, 0.15) is 5.69 Å². The van der Waals surface area contributed by atoms with Crippen molar-refractivity contribution >= 4 is 21.8 Å². The summed E-state index contributed by atoms with van der Waals surface area (Å²) in [6, 6.07) is 1.91. The molecular formula is C7H8F3N3O2S2. The Morgan fingerprint density at radius 3 is 2.35 bits per heavy atom. The number of hydrogen-bond donors (Lipinski definition) is 1. The zero-order chi connectivity index (χ0) is 13.1. The minimum Gasteiger partial charge on any atom is -0.229 e. The maximum atomic E-state index is 12.1. The van der Waals surface area contributed by atoms with Crippen molar-refractivity contribution < 1.29 is 21.6 Å². The quantitative estimate of drug-likeness (QED) is 0.831. The predicted octanol–water partition coefficient (Wildman–Crippen LogP) is 0.876. The third kappa shape index (κ3) is 5.33. The normalized spacial score (nSPS) is 12.7. The summed E-state index contributed by atoms with van der Waals surface area (Å²) >= 11 is 0.966. The van der Waals surface area contributed by atoms with Crippen molar-refractivity contribution in [3.63, 3.8) is 0 Å². The molecule has 0 fully saturated rings. The third-order valence-corrected chi connectivity index (χ3v) is 3.50. The van der Waals surface area contributed by atoms with Crippen molar-refractivity contribution in [1.82, 2.24) is 10.2 Å². The molecular weight excluding hydrogens is 279 g/mol.